The van der Waals surface area contributed by atoms with E-state index in [1.807, 2.05) is 11.9 Å². The van der Waals surface area contributed by atoms with Gasteiger partial charge in [0.05, 0.1) is 12.1 Å². The van der Waals surface area contributed by atoms with Crippen LogP contribution < -0.4 is 5.32 Å². The number of likely N-dealkylation sites (N-methyl/N-ethyl adjacent to an activating group) is 1. The van der Waals surface area contributed by atoms with Crippen molar-refractivity contribution in [3.05, 3.63) is 0 Å². The van der Waals surface area contributed by atoms with Crippen molar-refractivity contribution >= 4 is 5.91 Å². The molecule has 2 fully saturated rings. The van der Waals surface area contributed by atoms with Crippen LogP contribution >= 0.6 is 0 Å². The lowest BCUT2D eigenvalue weighted by molar-refractivity contribution is -0.144. The van der Waals surface area contributed by atoms with Gasteiger partial charge in [0.15, 0.2) is 0 Å². The summed E-state index contributed by atoms with van der Waals surface area (Å²) in [5, 5.41) is 3.61. The average Bonchev–Trinajstić information content (AvgIpc) is 2.71. The Kier molecular flexibility index (Phi) is 4.51. The molecule has 3 atom stereocenters. The van der Waals surface area contributed by atoms with E-state index in [0.29, 0.717) is 12.1 Å². The third kappa shape index (κ3) is 2.40. The highest BCUT2D eigenvalue weighted by Gasteiger charge is 2.54. The molecule has 0 aromatic carbocycles. The number of ether oxygens (including phenoxy) is 1. The Morgan fingerprint density at radius 3 is 2.53 bits per heavy atom. The molecular formula is C15H28N2O2. The van der Waals surface area contributed by atoms with Crippen LogP contribution in [0.2, 0.25) is 0 Å². The summed E-state index contributed by atoms with van der Waals surface area (Å²) in [5.74, 6) is 0.251. The fraction of sp³-hybridized carbons (Fsp3) is 0.933. The molecule has 0 radical (unpaired) electrons. The van der Waals surface area contributed by atoms with Crippen LogP contribution in [0, 0.1) is 5.41 Å². The molecule has 0 aromatic heterocycles. The molecule has 1 aliphatic heterocycles. The number of nitrogens with one attached hydrogen (secondary N) is 1. The van der Waals surface area contributed by atoms with Gasteiger partial charge in [0.25, 0.3) is 0 Å². The van der Waals surface area contributed by atoms with Crippen LogP contribution in [0.4, 0.5) is 0 Å². The highest BCUT2D eigenvalue weighted by Crippen LogP contribution is 2.49. The summed E-state index contributed by atoms with van der Waals surface area (Å²) in [7, 11) is 1.89. The first-order valence-corrected chi connectivity index (χ1v) is 7.71. The maximum Gasteiger partial charge on any atom is 0.239 e. The standard InChI is InChI=1S/C15H28N2O2/c1-5-15(6-2)12(10-13(15)19-7-3)16-11-8-9-17(4)14(11)18/h11-13,16H,5-10H2,1-4H3/t11-,12-,13+/m1/s1. The van der Waals surface area contributed by atoms with Crippen LogP contribution in [0.3, 0.4) is 0 Å². The van der Waals surface area contributed by atoms with Crippen LogP contribution in [0.15, 0.2) is 0 Å². The Bertz CT molecular complexity index is 328. The summed E-state index contributed by atoms with van der Waals surface area (Å²) in [6.45, 7) is 8.21. The third-order valence-electron chi connectivity index (χ3n) is 5.30. The van der Waals surface area contributed by atoms with Crippen LogP contribution in [0.25, 0.3) is 0 Å². The molecule has 19 heavy (non-hydrogen) atoms. The summed E-state index contributed by atoms with van der Waals surface area (Å²) in [4.78, 5) is 13.8. The van der Waals surface area contributed by atoms with Gasteiger partial charge in [-0.2, -0.15) is 0 Å². The molecule has 0 unspecified atom stereocenters. The van der Waals surface area contributed by atoms with Gasteiger partial charge in [-0.25, -0.2) is 0 Å². The van der Waals surface area contributed by atoms with E-state index in [-0.39, 0.29) is 17.4 Å². The Hall–Kier alpha value is -0.610. The van der Waals surface area contributed by atoms with Gasteiger partial charge in [-0.15, -0.1) is 0 Å². The second kappa shape index (κ2) is 5.80. The average molecular weight is 268 g/mol. The fourth-order valence-corrected chi connectivity index (χ4v) is 3.83. The second-order valence-corrected chi connectivity index (χ2v) is 5.94. The predicted molar refractivity (Wildman–Crippen MR) is 76.0 cm³/mol. The molecule has 1 saturated carbocycles. The molecule has 2 aliphatic rings. The Morgan fingerprint density at radius 2 is 2.05 bits per heavy atom. The maximum atomic E-state index is 12.0. The van der Waals surface area contributed by atoms with Crippen LogP contribution in [0.5, 0.6) is 0 Å². The van der Waals surface area contributed by atoms with Gasteiger partial charge >= 0.3 is 0 Å². The van der Waals surface area contributed by atoms with Crippen molar-refractivity contribution in [2.75, 3.05) is 20.2 Å². The Balaban J connectivity index is 1.99. The first-order chi connectivity index (χ1) is 9.08. The quantitative estimate of drug-likeness (QED) is 0.798. The minimum atomic E-state index is 0.0232. The van der Waals surface area contributed by atoms with Crippen molar-refractivity contribution in [2.24, 2.45) is 5.41 Å². The number of hydrogen-bond donors (Lipinski definition) is 1. The number of rotatable bonds is 6. The molecule has 0 aromatic rings. The first-order valence-electron chi connectivity index (χ1n) is 7.71. The lowest BCUT2D eigenvalue weighted by Gasteiger charge is -2.56. The van der Waals surface area contributed by atoms with Crippen molar-refractivity contribution in [1.82, 2.24) is 10.2 Å². The molecule has 0 spiro atoms. The van der Waals surface area contributed by atoms with Gasteiger partial charge in [-0.05, 0) is 32.6 Å². The highest BCUT2D eigenvalue weighted by atomic mass is 16.5. The molecule has 110 valence electrons. The molecule has 1 saturated heterocycles. The van der Waals surface area contributed by atoms with Gasteiger partial charge in [-0.3, -0.25) is 4.79 Å². The summed E-state index contributed by atoms with van der Waals surface area (Å²) in [6, 6.07) is 0.453. The summed E-state index contributed by atoms with van der Waals surface area (Å²) < 4.78 is 5.88. The molecular weight excluding hydrogens is 240 g/mol. The Labute approximate surface area is 116 Å². The number of likely N-dealkylation sites (tertiary alicyclic amines) is 1. The molecule has 1 N–H and O–H groups in total. The van der Waals surface area contributed by atoms with Gasteiger partial charge in [0, 0.05) is 31.7 Å². The summed E-state index contributed by atoms with van der Waals surface area (Å²) in [5.41, 5.74) is 0.220. The van der Waals surface area contributed by atoms with Crippen LogP contribution in [0.1, 0.15) is 46.5 Å². The van der Waals surface area contributed by atoms with E-state index in [2.05, 4.69) is 26.1 Å². The number of nitrogens with zero attached hydrogens (tertiary/aromatic N) is 1. The molecule has 1 aliphatic carbocycles. The second-order valence-electron chi connectivity index (χ2n) is 5.94. The zero-order chi connectivity index (χ0) is 14.0. The largest absolute Gasteiger partial charge is 0.378 e. The topological polar surface area (TPSA) is 41.6 Å². The van der Waals surface area contributed by atoms with E-state index >= 15 is 0 Å². The van der Waals surface area contributed by atoms with Gasteiger partial charge in [0.1, 0.15) is 0 Å². The minimum Gasteiger partial charge on any atom is -0.378 e. The van der Waals surface area contributed by atoms with Gasteiger partial charge in [0.2, 0.25) is 5.91 Å². The maximum absolute atomic E-state index is 12.0. The van der Waals surface area contributed by atoms with E-state index in [0.717, 1.165) is 38.8 Å². The van der Waals surface area contributed by atoms with E-state index in [1.165, 1.54) is 0 Å². The van der Waals surface area contributed by atoms with E-state index in [9.17, 15) is 4.79 Å². The Morgan fingerprint density at radius 1 is 1.37 bits per heavy atom. The van der Waals surface area contributed by atoms with Crippen LogP contribution in [-0.4, -0.2) is 49.2 Å². The van der Waals surface area contributed by atoms with E-state index in [1.54, 1.807) is 0 Å². The smallest absolute Gasteiger partial charge is 0.239 e. The summed E-state index contributed by atoms with van der Waals surface area (Å²) in [6.07, 6.45) is 4.57. The number of carbonyl (C=O) groups is 1. The van der Waals surface area contributed by atoms with Crippen molar-refractivity contribution in [1.29, 1.82) is 0 Å². The van der Waals surface area contributed by atoms with Crippen LogP contribution in [-0.2, 0) is 9.53 Å². The molecule has 1 amide bonds. The third-order valence-corrected chi connectivity index (χ3v) is 5.30. The van der Waals surface area contributed by atoms with Crippen molar-refractivity contribution in [3.8, 4) is 0 Å². The normalized spacial score (nSPS) is 33.6. The molecule has 4 nitrogen and oxygen atoms in total. The minimum absolute atomic E-state index is 0.0232. The zero-order valence-electron chi connectivity index (χ0n) is 12.7. The highest BCUT2D eigenvalue weighted by molar-refractivity contribution is 5.83. The van der Waals surface area contributed by atoms with E-state index in [4.69, 9.17) is 4.74 Å². The molecule has 2 rings (SSSR count). The zero-order valence-corrected chi connectivity index (χ0v) is 12.7. The fourth-order valence-electron chi connectivity index (χ4n) is 3.83. The van der Waals surface area contributed by atoms with E-state index < -0.39 is 0 Å². The molecule has 1 heterocycles. The summed E-state index contributed by atoms with van der Waals surface area (Å²) >= 11 is 0. The number of hydrogen-bond acceptors (Lipinski definition) is 3. The predicted octanol–water partition coefficient (Wildman–Crippen LogP) is 1.79. The van der Waals surface area contributed by atoms with Gasteiger partial charge in [-0.1, -0.05) is 13.8 Å². The lowest BCUT2D eigenvalue weighted by atomic mass is 9.58. The van der Waals surface area contributed by atoms with Crippen molar-refractivity contribution < 1.29 is 9.53 Å². The lowest BCUT2D eigenvalue weighted by Crippen LogP contribution is -2.65. The number of carbonyl (C=O) groups excluding carboxylic acids is 1. The van der Waals surface area contributed by atoms with Gasteiger partial charge < -0.3 is 15.0 Å². The number of amides is 1. The monoisotopic (exact) mass is 268 g/mol. The first kappa shape index (κ1) is 14.8. The van der Waals surface area contributed by atoms with Crippen molar-refractivity contribution in [2.45, 2.75) is 64.6 Å². The molecule has 0 bridgehead atoms. The van der Waals surface area contributed by atoms with Crippen molar-refractivity contribution in [3.63, 3.8) is 0 Å². The molecule has 4 heteroatoms. The SMILES string of the molecule is CCO[C@H]1C[C@@H](N[C@@H]2CCN(C)C2=O)C1(CC)CC.